The number of anilines is 2. The average molecular weight is 459 g/mol. The normalized spacial score (nSPS) is 13.9. The second-order valence-corrected chi connectivity index (χ2v) is 8.27. The van der Waals surface area contributed by atoms with Crippen LogP contribution < -0.4 is 10.2 Å². The van der Waals surface area contributed by atoms with E-state index in [2.05, 4.69) is 5.32 Å². The summed E-state index contributed by atoms with van der Waals surface area (Å²) in [4.78, 5) is 28.4. The number of carbonyl (C=O) groups is 2. The minimum absolute atomic E-state index is 0.103. The quantitative estimate of drug-likeness (QED) is 0.467. The fourth-order valence-electron chi connectivity index (χ4n) is 2.86. The summed E-state index contributed by atoms with van der Waals surface area (Å²) in [7, 11) is 0. The van der Waals surface area contributed by atoms with Gasteiger partial charge in [0.25, 0.3) is 11.8 Å². The molecule has 150 valence electrons. The lowest BCUT2D eigenvalue weighted by Gasteiger charge is -2.15. The highest BCUT2D eigenvalue weighted by Crippen LogP contribution is 2.38. The molecule has 1 aliphatic heterocycles. The molecule has 0 aromatic heterocycles. The lowest BCUT2D eigenvalue weighted by molar-refractivity contribution is -0.120. The molecule has 0 aliphatic carbocycles. The summed E-state index contributed by atoms with van der Waals surface area (Å²) in [6.07, 6.45) is 0. The van der Waals surface area contributed by atoms with Gasteiger partial charge in [0.2, 0.25) is 0 Å². The molecule has 8 heteroatoms. The van der Waals surface area contributed by atoms with Crippen LogP contribution in [0.5, 0.6) is 0 Å². The van der Waals surface area contributed by atoms with Crippen molar-refractivity contribution in [2.24, 2.45) is 0 Å². The van der Waals surface area contributed by atoms with Crippen LogP contribution in [0.2, 0.25) is 10.0 Å². The van der Waals surface area contributed by atoms with Crippen molar-refractivity contribution in [3.05, 3.63) is 99.3 Å². The molecule has 4 nitrogen and oxygen atoms in total. The molecule has 3 aromatic carbocycles. The lowest BCUT2D eigenvalue weighted by Crippen LogP contribution is -2.32. The summed E-state index contributed by atoms with van der Waals surface area (Å²) in [6.45, 7) is 0. The Morgan fingerprint density at radius 3 is 2.20 bits per heavy atom. The predicted octanol–water partition coefficient (Wildman–Crippen LogP) is 6.12. The van der Waals surface area contributed by atoms with E-state index in [1.165, 1.54) is 24.3 Å². The Morgan fingerprint density at radius 1 is 0.833 bits per heavy atom. The number of amides is 2. The van der Waals surface area contributed by atoms with Gasteiger partial charge in [-0.3, -0.25) is 9.59 Å². The zero-order chi connectivity index (χ0) is 21.3. The molecule has 30 heavy (non-hydrogen) atoms. The first-order valence-electron chi connectivity index (χ1n) is 8.77. The molecule has 0 bridgehead atoms. The number of thioether (sulfide) groups is 1. The van der Waals surface area contributed by atoms with Crippen molar-refractivity contribution in [2.45, 2.75) is 4.90 Å². The summed E-state index contributed by atoms with van der Waals surface area (Å²) < 4.78 is 13.3. The smallest absolute Gasteiger partial charge is 0.283 e. The molecule has 2 amide bonds. The van der Waals surface area contributed by atoms with Crippen LogP contribution in [-0.2, 0) is 9.59 Å². The van der Waals surface area contributed by atoms with E-state index in [1.54, 1.807) is 48.5 Å². The predicted molar refractivity (Wildman–Crippen MR) is 118 cm³/mol. The highest BCUT2D eigenvalue weighted by Gasteiger charge is 2.40. The molecule has 0 saturated heterocycles. The Bertz CT molecular complexity index is 1100. The van der Waals surface area contributed by atoms with Crippen molar-refractivity contribution in [3.8, 4) is 0 Å². The zero-order valence-electron chi connectivity index (χ0n) is 15.2. The maximum Gasteiger partial charge on any atom is 0.283 e. The van der Waals surface area contributed by atoms with Gasteiger partial charge in [0.1, 0.15) is 16.4 Å². The Hall–Kier alpha value is -2.80. The van der Waals surface area contributed by atoms with Crippen molar-refractivity contribution in [2.75, 3.05) is 10.2 Å². The van der Waals surface area contributed by atoms with Gasteiger partial charge >= 0.3 is 0 Å². The minimum Gasteiger partial charge on any atom is -0.350 e. The second-order valence-electron chi connectivity index (χ2n) is 6.32. The molecule has 0 unspecified atom stereocenters. The molecular formula is C22H13Cl2FN2O2S. The fourth-order valence-corrected chi connectivity index (χ4v) is 4.10. The molecular weight excluding hydrogens is 446 g/mol. The number of nitrogens with one attached hydrogen (secondary N) is 1. The maximum absolute atomic E-state index is 13.3. The molecule has 0 saturated carbocycles. The molecule has 0 fully saturated rings. The standard InChI is InChI=1S/C22H13Cl2FN2O2S/c23-13-4-10-18(11-5-13)30-20-19(26-16-8-6-15(25)7-9-16)21(28)27(22(20)29)17-3-1-2-14(24)12-17/h1-12,26H. The number of carbonyl (C=O) groups excluding carboxylic acids is 2. The van der Waals surface area contributed by atoms with Gasteiger partial charge < -0.3 is 5.32 Å². The second kappa shape index (κ2) is 8.52. The summed E-state index contributed by atoms with van der Waals surface area (Å²) >= 11 is 13.1. The third-order valence-electron chi connectivity index (χ3n) is 4.25. The van der Waals surface area contributed by atoms with Gasteiger partial charge in [0.05, 0.1) is 5.69 Å². The molecule has 1 N–H and O–H groups in total. The van der Waals surface area contributed by atoms with Crippen LogP contribution in [0.15, 0.2) is 88.3 Å². The summed E-state index contributed by atoms with van der Waals surface area (Å²) in [5.74, 6) is -1.41. The number of nitrogens with zero attached hydrogens (tertiary/aromatic N) is 1. The van der Waals surface area contributed by atoms with Crippen molar-refractivity contribution in [1.82, 2.24) is 0 Å². The van der Waals surface area contributed by atoms with Gasteiger partial charge in [-0.05, 0) is 66.7 Å². The highest BCUT2D eigenvalue weighted by molar-refractivity contribution is 8.04. The van der Waals surface area contributed by atoms with Crippen molar-refractivity contribution in [1.29, 1.82) is 0 Å². The Morgan fingerprint density at radius 2 is 1.53 bits per heavy atom. The Balaban J connectivity index is 1.74. The number of hydrogen-bond donors (Lipinski definition) is 1. The number of halogens is 3. The SMILES string of the molecule is O=C1C(Nc2ccc(F)cc2)=C(Sc2ccc(Cl)cc2)C(=O)N1c1cccc(Cl)c1. The first-order chi connectivity index (χ1) is 14.4. The largest absolute Gasteiger partial charge is 0.350 e. The van der Waals surface area contributed by atoms with Crippen molar-refractivity contribution >= 4 is 58.2 Å². The van der Waals surface area contributed by atoms with E-state index in [0.717, 1.165) is 21.6 Å². The number of benzene rings is 3. The first-order valence-corrected chi connectivity index (χ1v) is 10.3. The Labute approximate surface area is 186 Å². The average Bonchev–Trinajstić information content (AvgIpc) is 2.95. The van der Waals surface area contributed by atoms with E-state index in [0.29, 0.717) is 21.4 Å². The summed E-state index contributed by atoms with van der Waals surface area (Å²) in [6, 6.07) is 18.9. The van der Waals surface area contributed by atoms with Crippen LogP contribution in [0.1, 0.15) is 0 Å². The first kappa shape index (κ1) is 20.5. The van der Waals surface area contributed by atoms with E-state index < -0.39 is 17.6 Å². The molecule has 1 aliphatic rings. The topological polar surface area (TPSA) is 49.4 Å². The number of hydrogen-bond acceptors (Lipinski definition) is 4. The third-order valence-corrected chi connectivity index (χ3v) is 5.83. The van der Waals surface area contributed by atoms with Crippen LogP contribution in [0.4, 0.5) is 15.8 Å². The van der Waals surface area contributed by atoms with Gasteiger partial charge in [-0.1, -0.05) is 41.0 Å². The fraction of sp³-hybridized carbons (Fsp3) is 0. The van der Waals surface area contributed by atoms with Crippen LogP contribution >= 0.6 is 35.0 Å². The molecule has 3 aromatic rings. The van der Waals surface area contributed by atoms with E-state index in [1.807, 2.05) is 0 Å². The van der Waals surface area contributed by atoms with Crippen molar-refractivity contribution in [3.63, 3.8) is 0 Å². The van der Waals surface area contributed by atoms with Crippen LogP contribution in [0, 0.1) is 5.82 Å². The molecule has 0 spiro atoms. The van der Waals surface area contributed by atoms with Gasteiger partial charge in [-0.2, -0.15) is 0 Å². The van der Waals surface area contributed by atoms with Gasteiger partial charge in [-0.15, -0.1) is 0 Å². The Kier molecular flexibility index (Phi) is 5.81. The van der Waals surface area contributed by atoms with Gasteiger partial charge in [-0.25, -0.2) is 9.29 Å². The van der Waals surface area contributed by atoms with E-state index in [-0.39, 0.29) is 10.6 Å². The molecule has 1 heterocycles. The van der Waals surface area contributed by atoms with E-state index >= 15 is 0 Å². The monoisotopic (exact) mass is 458 g/mol. The van der Waals surface area contributed by atoms with Gasteiger partial charge in [0, 0.05) is 20.6 Å². The van der Waals surface area contributed by atoms with Crippen LogP contribution in [0.25, 0.3) is 0 Å². The zero-order valence-corrected chi connectivity index (χ0v) is 17.6. The maximum atomic E-state index is 13.3. The van der Waals surface area contributed by atoms with Crippen LogP contribution in [0.3, 0.4) is 0 Å². The third kappa shape index (κ3) is 4.21. The molecule has 0 atom stereocenters. The molecule has 4 rings (SSSR count). The summed E-state index contributed by atoms with van der Waals surface area (Å²) in [5, 5.41) is 3.93. The summed E-state index contributed by atoms with van der Waals surface area (Å²) in [5.41, 5.74) is 0.948. The minimum atomic E-state index is -0.525. The van der Waals surface area contributed by atoms with Crippen molar-refractivity contribution < 1.29 is 14.0 Å². The van der Waals surface area contributed by atoms with Gasteiger partial charge in [0.15, 0.2) is 0 Å². The van der Waals surface area contributed by atoms with E-state index in [9.17, 15) is 14.0 Å². The number of rotatable bonds is 5. The number of imide groups is 1. The molecule has 0 radical (unpaired) electrons. The van der Waals surface area contributed by atoms with E-state index in [4.69, 9.17) is 23.2 Å². The van der Waals surface area contributed by atoms with Crippen LogP contribution in [-0.4, -0.2) is 11.8 Å². The highest BCUT2D eigenvalue weighted by atomic mass is 35.5. The lowest BCUT2D eigenvalue weighted by atomic mass is 10.3.